The lowest BCUT2D eigenvalue weighted by molar-refractivity contribution is -0.147. The largest absolute Gasteiger partial charge is 0.480 e. The number of aliphatic hydroxyl groups excluding tert-OH is 1. The van der Waals surface area contributed by atoms with E-state index >= 15 is 0 Å². The smallest absolute Gasteiger partial charge is 0.472 e. The van der Waals surface area contributed by atoms with Gasteiger partial charge in [-0.2, -0.15) is 0 Å². The molecule has 0 aromatic heterocycles. The van der Waals surface area contributed by atoms with Crippen molar-refractivity contribution in [1.82, 2.24) is 5.32 Å². The summed E-state index contributed by atoms with van der Waals surface area (Å²) in [5.74, 6) is -2.39. The van der Waals surface area contributed by atoms with Gasteiger partial charge in [0.15, 0.2) is 6.04 Å². The SMILES string of the molecule is CC/C=C\C/C=C\C/C=C\C/C=C\C/C=C\CCCCCCCC(=O)OCC(O)COP(=O)(O)OCC(NC(=O)CCCCCCCCCCCCCCCCCCCCCC)C(=O)O. The third kappa shape index (κ3) is 47.5. The highest BCUT2D eigenvalue weighted by atomic mass is 31.2. The first-order valence-corrected chi connectivity index (χ1v) is 27.3. The van der Waals surface area contributed by atoms with Crippen LogP contribution in [0.3, 0.4) is 0 Å². The van der Waals surface area contributed by atoms with Crippen molar-refractivity contribution in [3.05, 3.63) is 60.8 Å². The van der Waals surface area contributed by atoms with E-state index in [1.165, 1.54) is 103 Å². The van der Waals surface area contributed by atoms with Crippen LogP contribution in [-0.2, 0) is 32.7 Å². The van der Waals surface area contributed by atoms with Crippen molar-refractivity contribution < 1.29 is 47.8 Å². The molecule has 0 rings (SSSR count). The number of amides is 1. The van der Waals surface area contributed by atoms with Crippen LogP contribution >= 0.6 is 7.82 Å². The molecule has 65 heavy (non-hydrogen) atoms. The number of carbonyl (C=O) groups excluding carboxylic acids is 2. The first-order valence-electron chi connectivity index (χ1n) is 25.8. The van der Waals surface area contributed by atoms with Crippen molar-refractivity contribution in [1.29, 1.82) is 0 Å². The monoisotopic (exact) mass is 936 g/mol. The van der Waals surface area contributed by atoms with E-state index in [0.29, 0.717) is 12.8 Å². The molecule has 0 heterocycles. The number of unbranched alkanes of at least 4 members (excludes halogenated alkanes) is 24. The predicted octanol–water partition coefficient (Wildman–Crippen LogP) is 14.3. The van der Waals surface area contributed by atoms with Gasteiger partial charge in [0.25, 0.3) is 0 Å². The molecular weight excluding hydrogens is 842 g/mol. The average molecular weight is 936 g/mol. The Kier molecular flexibility index (Phi) is 45.6. The Morgan fingerprint density at radius 1 is 0.508 bits per heavy atom. The van der Waals surface area contributed by atoms with E-state index in [0.717, 1.165) is 83.5 Å². The lowest BCUT2D eigenvalue weighted by Crippen LogP contribution is -2.43. The molecular formula is C53H94NO10P. The summed E-state index contributed by atoms with van der Waals surface area (Å²) in [5.41, 5.74) is 0. The molecule has 376 valence electrons. The molecule has 3 atom stereocenters. The summed E-state index contributed by atoms with van der Waals surface area (Å²) in [6.07, 6.45) is 56.7. The fraction of sp³-hybridized carbons (Fsp3) is 0.755. The van der Waals surface area contributed by atoms with Crippen molar-refractivity contribution >= 4 is 25.7 Å². The van der Waals surface area contributed by atoms with Gasteiger partial charge in [-0.05, 0) is 57.8 Å². The second-order valence-corrected chi connectivity index (χ2v) is 18.8. The van der Waals surface area contributed by atoms with Gasteiger partial charge in [0.1, 0.15) is 12.7 Å². The van der Waals surface area contributed by atoms with Crippen molar-refractivity contribution in [2.45, 2.75) is 238 Å². The topological polar surface area (TPSA) is 169 Å². The van der Waals surface area contributed by atoms with Gasteiger partial charge in [-0.25, -0.2) is 9.36 Å². The molecule has 4 N–H and O–H groups in total. The number of phosphoric acid groups is 1. The molecule has 1 amide bonds. The number of aliphatic hydroxyl groups is 1. The molecule has 0 radical (unpaired) electrons. The number of carboxylic acids is 1. The van der Waals surface area contributed by atoms with Crippen LogP contribution in [-0.4, -0.2) is 64.9 Å². The molecule has 0 bridgehead atoms. The molecule has 0 aromatic carbocycles. The van der Waals surface area contributed by atoms with Gasteiger partial charge >= 0.3 is 19.8 Å². The van der Waals surface area contributed by atoms with Crippen LogP contribution < -0.4 is 5.32 Å². The van der Waals surface area contributed by atoms with Crippen molar-refractivity contribution in [3.63, 3.8) is 0 Å². The number of ether oxygens (including phenoxy) is 1. The standard InChI is InChI=1S/C53H94NO10P/c1-3-5-7-9-11-13-15-17-19-21-23-25-27-29-31-33-35-37-39-41-43-45-52(57)62-46-49(55)47-63-65(60,61)64-48-50(53(58)59)54-51(56)44-42-40-38-36-34-32-30-28-26-24-22-20-18-16-14-12-10-8-6-4-2/h5,7,11,13,17,19,23,25,29,31,49-50,55H,3-4,6,8-10,12,14-16,18,20-22,24,26-28,30,32-48H2,1-2H3,(H,54,56)(H,58,59)(H,60,61)/b7-5-,13-11-,19-17-,25-23-,31-29-. The Hall–Kier alpha value is -2.82. The molecule has 12 heteroatoms. The van der Waals surface area contributed by atoms with Crippen LogP contribution in [0.1, 0.15) is 226 Å². The molecule has 0 saturated carbocycles. The lowest BCUT2D eigenvalue weighted by Gasteiger charge is -2.18. The normalized spacial score (nSPS) is 14.0. The van der Waals surface area contributed by atoms with Crippen molar-refractivity contribution in [2.24, 2.45) is 0 Å². The number of nitrogens with one attached hydrogen (secondary N) is 1. The Morgan fingerprint density at radius 3 is 1.34 bits per heavy atom. The van der Waals surface area contributed by atoms with E-state index in [2.05, 4.69) is 79.9 Å². The van der Waals surface area contributed by atoms with Crippen molar-refractivity contribution in [2.75, 3.05) is 19.8 Å². The summed E-state index contributed by atoms with van der Waals surface area (Å²) in [4.78, 5) is 46.1. The van der Waals surface area contributed by atoms with E-state index in [1.54, 1.807) is 0 Å². The molecule has 0 aliphatic carbocycles. The second kappa shape index (κ2) is 47.7. The predicted molar refractivity (Wildman–Crippen MR) is 268 cm³/mol. The summed E-state index contributed by atoms with van der Waals surface area (Å²) in [6, 6.07) is -1.55. The quantitative estimate of drug-likeness (QED) is 0.0199. The number of carbonyl (C=O) groups is 3. The molecule has 0 fully saturated rings. The summed E-state index contributed by atoms with van der Waals surface area (Å²) in [6.45, 7) is 2.49. The number of allylic oxidation sites excluding steroid dienone is 10. The molecule has 0 aliphatic rings. The van der Waals surface area contributed by atoms with E-state index in [4.69, 9.17) is 13.8 Å². The fourth-order valence-corrected chi connectivity index (χ4v) is 7.88. The summed E-state index contributed by atoms with van der Waals surface area (Å²) >= 11 is 0. The highest BCUT2D eigenvalue weighted by Gasteiger charge is 2.28. The summed E-state index contributed by atoms with van der Waals surface area (Å²) in [5, 5.41) is 21.9. The van der Waals surface area contributed by atoms with Crippen LogP contribution in [0, 0.1) is 0 Å². The zero-order valence-electron chi connectivity index (χ0n) is 41.0. The van der Waals surface area contributed by atoms with Crippen LogP contribution in [0.15, 0.2) is 60.8 Å². The van der Waals surface area contributed by atoms with Gasteiger partial charge in [0.05, 0.1) is 13.2 Å². The van der Waals surface area contributed by atoms with Crippen molar-refractivity contribution in [3.8, 4) is 0 Å². The van der Waals surface area contributed by atoms with Crippen LogP contribution in [0.4, 0.5) is 0 Å². The van der Waals surface area contributed by atoms with Gasteiger partial charge in [0.2, 0.25) is 5.91 Å². The highest BCUT2D eigenvalue weighted by Crippen LogP contribution is 2.43. The molecule has 0 aliphatic heterocycles. The number of carboxylic acid groups (broad SMARTS) is 1. The number of phosphoric ester groups is 1. The zero-order valence-corrected chi connectivity index (χ0v) is 41.9. The fourth-order valence-electron chi connectivity index (χ4n) is 7.11. The number of hydrogen-bond acceptors (Lipinski definition) is 8. The molecule has 0 spiro atoms. The number of hydrogen-bond donors (Lipinski definition) is 4. The molecule has 0 aromatic rings. The molecule has 0 saturated heterocycles. The van der Waals surface area contributed by atoms with E-state index in [1.807, 2.05) is 0 Å². The summed E-state index contributed by atoms with van der Waals surface area (Å²) < 4.78 is 26.9. The van der Waals surface area contributed by atoms with Gasteiger partial charge in [-0.1, -0.05) is 216 Å². The maximum atomic E-state index is 12.4. The highest BCUT2D eigenvalue weighted by molar-refractivity contribution is 7.47. The third-order valence-corrected chi connectivity index (χ3v) is 12.0. The van der Waals surface area contributed by atoms with Crippen LogP contribution in [0.5, 0.6) is 0 Å². The number of aliphatic carboxylic acids is 1. The second-order valence-electron chi connectivity index (χ2n) is 17.3. The van der Waals surface area contributed by atoms with Gasteiger partial charge in [-0.15, -0.1) is 0 Å². The third-order valence-electron chi connectivity index (χ3n) is 11.1. The lowest BCUT2D eigenvalue weighted by atomic mass is 10.0. The Bertz CT molecular complexity index is 1330. The number of rotatable bonds is 48. The van der Waals surface area contributed by atoms with Crippen LogP contribution in [0.25, 0.3) is 0 Å². The van der Waals surface area contributed by atoms with Gasteiger partial charge in [0, 0.05) is 12.8 Å². The zero-order chi connectivity index (χ0) is 47.7. The first kappa shape index (κ1) is 62.2. The Labute approximate surface area is 396 Å². The average Bonchev–Trinajstić information content (AvgIpc) is 3.28. The van der Waals surface area contributed by atoms with E-state index in [9.17, 15) is 34.1 Å². The summed E-state index contributed by atoms with van der Waals surface area (Å²) in [7, 11) is -4.77. The van der Waals surface area contributed by atoms with Gasteiger partial charge < -0.3 is 25.2 Å². The molecule has 11 nitrogen and oxygen atoms in total. The minimum atomic E-state index is -4.77. The van der Waals surface area contributed by atoms with E-state index in [-0.39, 0.29) is 12.8 Å². The van der Waals surface area contributed by atoms with Crippen LogP contribution in [0.2, 0.25) is 0 Å². The first-order chi connectivity index (χ1) is 31.6. The molecule has 3 unspecified atom stereocenters. The van der Waals surface area contributed by atoms with E-state index < -0.39 is 57.6 Å². The Morgan fingerprint density at radius 2 is 0.892 bits per heavy atom. The Balaban J connectivity index is 3.85. The minimum absolute atomic E-state index is 0.146. The minimum Gasteiger partial charge on any atom is -0.480 e. The maximum Gasteiger partial charge on any atom is 0.472 e. The maximum absolute atomic E-state index is 12.4. The number of esters is 1. The van der Waals surface area contributed by atoms with Gasteiger partial charge in [-0.3, -0.25) is 18.6 Å².